The van der Waals surface area contributed by atoms with E-state index in [4.69, 9.17) is 5.41 Å². The molecule has 1 N–H and O–H groups in total. The smallest absolute Gasteiger partial charge is 0.267 e. The van der Waals surface area contributed by atoms with Gasteiger partial charge in [0.2, 0.25) is 9.84 Å². The Bertz CT molecular complexity index is 1610. The van der Waals surface area contributed by atoms with Crippen LogP contribution in [0.1, 0.15) is 16.7 Å². The maximum Gasteiger partial charge on any atom is 0.267 e. The number of rotatable bonds is 4. The number of aromatic nitrogens is 3. The largest absolute Gasteiger partial charge is 0.306 e. The number of sulfone groups is 1. The quantitative estimate of drug-likeness (QED) is 0.394. The van der Waals surface area contributed by atoms with Gasteiger partial charge in [-0.3, -0.25) is 14.6 Å². The van der Waals surface area contributed by atoms with Crippen molar-refractivity contribution in [1.82, 2.24) is 14.0 Å². The number of aryl methyl sites for hydroxylation is 3. The van der Waals surface area contributed by atoms with E-state index in [-0.39, 0.29) is 32.9 Å². The van der Waals surface area contributed by atoms with Crippen LogP contribution in [-0.4, -0.2) is 22.4 Å². The molecule has 0 radical (unpaired) electrons. The molecule has 0 bridgehead atoms. The third-order valence-corrected chi connectivity index (χ3v) is 7.25. The molecular weight excluding hydrogens is 412 g/mol. The summed E-state index contributed by atoms with van der Waals surface area (Å²) < 4.78 is 29.7. The molecule has 0 unspecified atom stereocenters. The Labute approximate surface area is 179 Å². The number of nitrogens with one attached hydrogen (secondary N) is 1. The van der Waals surface area contributed by atoms with Crippen molar-refractivity contribution in [2.45, 2.75) is 37.1 Å². The predicted octanol–water partition coefficient (Wildman–Crippen LogP) is 3.07. The molecule has 4 rings (SSSR count). The van der Waals surface area contributed by atoms with Crippen LogP contribution in [0.3, 0.4) is 0 Å². The van der Waals surface area contributed by atoms with Crippen LogP contribution in [-0.2, 0) is 16.4 Å². The van der Waals surface area contributed by atoms with E-state index in [0.29, 0.717) is 5.65 Å². The van der Waals surface area contributed by atoms with Crippen molar-refractivity contribution in [3.8, 4) is 0 Å². The van der Waals surface area contributed by atoms with Gasteiger partial charge in [-0.05, 0) is 61.7 Å². The molecule has 4 aromatic rings. The molecule has 1 aromatic carbocycles. The van der Waals surface area contributed by atoms with Gasteiger partial charge < -0.3 is 4.57 Å². The Hall–Kier alpha value is -3.52. The molecule has 3 heterocycles. The second-order valence-corrected chi connectivity index (χ2v) is 9.46. The van der Waals surface area contributed by atoms with Gasteiger partial charge in [0.15, 0.2) is 0 Å². The first-order chi connectivity index (χ1) is 14.7. The highest BCUT2D eigenvalue weighted by molar-refractivity contribution is 7.91. The van der Waals surface area contributed by atoms with Gasteiger partial charge >= 0.3 is 0 Å². The van der Waals surface area contributed by atoms with E-state index in [1.54, 1.807) is 30.5 Å². The molecule has 0 amide bonds. The fourth-order valence-electron chi connectivity index (χ4n) is 3.59. The van der Waals surface area contributed by atoms with Crippen molar-refractivity contribution < 1.29 is 8.42 Å². The molecule has 0 atom stereocenters. The first-order valence-electron chi connectivity index (χ1n) is 9.70. The topological polar surface area (TPSA) is 97.3 Å². The van der Waals surface area contributed by atoms with Gasteiger partial charge in [-0.1, -0.05) is 18.2 Å². The first-order valence-corrected chi connectivity index (χ1v) is 11.2. The van der Waals surface area contributed by atoms with E-state index in [1.165, 1.54) is 21.1 Å². The lowest BCUT2D eigenvalue weighted by molar-refractivity contribution is 0.591. The lowest BCUT2D eigenvalue weighted by Crippen LogP contribution is -2.30. The average Bonchev–Trinajstić information content (AvgIpc) is 2.73. The Morgan fingerprint density at radius 3 is 2.48 bits per heavy atom. The Morgan fingerprint density at radius 1 is 1.06 bits per heavy atom. The normalized spacial score (nSPS) is 11.8. The number of benzene rings is 1. The summed E-state index contributed by atoms with van der Waals surface area (Å²) in [6.45, 7) is 9.42. The highest BCUT2D eigenvalue weighted by atomic mass is 32.2. The lowest BCUT2D eigenvalue weighted by Gasteiger charge is -2.14. The maximum atomic E-state index is 13.5. The first kappa shape index (κ1) is 20.7. The van der Waals surface area contributed by atoms with Crippen molar-refractivity contribution in [1.29, 1.82) is 5.41 Å². The molecule has 0 fully saturated rings. The van der Waals surface area contributed by atoms with Crippen LogP contribution in [0.15, 0.2) is 69.8 Å². The van der Waals surface area contributed by atoms with Crippen LogP contribution in [0, 0.1) is 26.2 Å². The summed E-state index contributed by atoms with van der Waals surface area (Å²) in [6.07, 6.45) is 3.15. The van der Waals surface area contributed by atoms with E-state index in [1.807, 2.05) is 26.8 Å². The van der Waals surface area contributed by atoms with Crippen molar-refractivity contribution in [3.63, 3.8) is 0 Å². The molecule has 158 valence electrons. The van der Waals surface area contributed by atoms with E-state index >= 15 is 0 Å². The average molecular weight is 435 g/mol. The summed E-state index contributed by atoms with van der Waals surface area (Å²) in [7, 11) is -4.04. The molecule has 0 aliphatic carbocycles. The molecule has 7 nitrogen and oxygen atoms in total. The lowest BCUT2D eigenvalue weighted by atomic mass is 10.1. The summed E-state index contributed by atoms with van der Waals surface area (Å²) in [4.78, 5) is 17.7. The molecule has 3 aromatic heterocycles. The predicted molar refractivity (Wildman–Crippen MR) is 119 cm³/mol. The third-order valence-electron chi connectivity index (χ3n) is 5.49. The van der Waals surface area contributed by atoms with Gasteiger partial charge in [0, 0.05) is 12.7 Å². The fraction of sp³-hybridized carbons (Fsp3) is 0.174. The molecule has 0 spiro atoms. The minimum atomic E-state index is -4.04. The maximum absolute atomic E-state index is 13.5. The van der Waals surface area contributed by atoms with Crippen molar-refractivity contribution in [3.05, 3.63) is 87.8 Å². The van der Waals surface area contributed by atoms with Gasteiger partial charge in [0.25, 0.3) is 5.56 Å². The fourth-order valence-corrected chi connectivity index (χ4v) is 5.06. The molecule has 0 saturated heterocycles. The SMILES string of the molecule is C=CCn1c(=N)c(S(=O)(=O)c2ccc(C)c(C)c2)cc2c(=O)n3cccc(C)c3nc21. The molecule has 31 heavy (non-hydrogen) atoms. The molecule has 0 aliphatic rings. The second-order valence-electron chi connectivity index (χ2n) is 7.55. The number of hydrogen-bond donors (Lipinski definition) is 1. The third kappa shape index (κ3) is 3.19. The van der Waals surface area contributed by atoms with Crippen LogP contribution < -0.4 is 11.0 Å². The number of allylic oxidation sites excluding steroid dienone is 1. The Morgan fingerprint density at radius 2 is 1.81 bits per heavy atom. The van der Waals surface area contributed by atoms with Crippen molar-refractivity contribution in [2.75, 3.05) is 0 Å². The molecule has 8 heteroatoms. The van der Waals surface area contributed by atoms with Crippen LogP contribution in [0.4, 0.5) is 0 Å². The van der Waals surface area contributed by atoms with Gasteiger partial charge in [0.1, 0.15) is 21.7 Å². The number of pyridine rings is 2. The van der Waals surface area contributed by atoms with Crippen molar-refractivity contribution in [2.24, 2.45) is 0 Å². The van der Waals surface area contributed by atoms with E-state index in [2.05, 4.69) is 11.6 Å². The summed E-state index contributed by atoms with van der Waals surface area (Å²) in [5.41, 5.74) is 2.67. The van der Waals surface area contributed by atoms with Gasteiger partial charge in [0.05, 0.1) is 10.3 Å². The minimum absolute atomic E-state index is 0.0818. The standard InChI is InChI=1S/C23H22N4O3S/c1-5-10-26-20(24)19(31(29,30)17-9-8-14(2)16(4)12-17)13-18-22(26)25-21-15(3)7-6-11-27(21)23(18)28/h5-9,11-13,24H,1,10H2,2-4H3. The van der Waals surface area contributed by atoms with Crippen LogP contribution in [0.5, 0.6) is 0 Å². The highest BCUT2D eigenvalue weighted by Crippen LogP contribution is 2.23. The van der Waals surface area contributed by atoms with Gasteiger partial charge in [-0.2, -0.15) is 0 Å². The van der Waals surface area contributed by atoms with Gasteiger partial charge in [-0.15, -0.1) is 6.58 Å². The van der Waals surface area contributed by atoms with Gasteiger partial charge in [-0.25, -0.2) is 13.4 Å². The number of fused-ring (bicyclic) bond motifs is 2. The zero-order valence-electron chi connectivity index (χ0n) is 17.5. The summed E-state index contributed by atoms with van der Waals surface area (Å²) in [6, 6.07) is 9.69. The van der Waals surface area contributed by atoms with E-state index in [9.17, 15) is 13.2 Å². The Balaban J connectivity index is 2.15. The van der Waals surface area contributed by atoms with Crippen LogP contribution in [0.2, 0.25) is 0 Å². The summed E-state index contributed by atoms with van der Waals surface area (Å²) in [5.74, 6) is 0. The van der Waals surface area contributed by atoms with Crippen LogP contribution >= 0.6 is 0 Å². The Kier molecular flexibility index (Phi) is 4.89. The van der Waals surface area contributed by atoms with Crippen molar-refractivity contribution >= 4 is 26.5 Å². The monoisotopic (exact) mass is 434 g/mol. The second kappa shape index (κ2) is 7.31. The zero-order valence-corrected chi connectivity index (χ0v) is 18.3. The number of nitrogens with zero attached hydrogens (tertiary/aromatic N) is 3. The molecular formula is C23H22N4O3S. The summed E-state index contributed by atoms with van der Waals surface area (Å²) >= 11 is 0. The molecule has 0 aliphatic heterocycles. The summed E-state index contributed by atoms with van der Waals surface area (Å²) in [5, 5.41) is 8.78. The zero-order chi connectivity index (χ0) is 22.5. The van der Waals surface area contributed by atoms with Crippen LogP contribution in [0.25, 0.3) is 16.7 Å². The van der Waals surface area contributed by atoms with E-state index < -0.39 is 15.4 Å². The van der Waals surface area contributed by atoms with E-state index in [0.717, 1.165) is 16.7 Å². The highest BCUT2D eigenvalue weighted by Gasteiger charge is 2.24. The minimum Gasteiger partial charge on any atom is -0.306 e. The number of hydrogen-bond acceptors (Lipinski definition) is 5. The molecule has 0 saturated carbocycles.